The zero-order valence-electron chi connectivity index (χ0n) is 11.9. The van der Waals surface area contributed by atoms with E-state index in [9.17, 15) is 5.11 Å². The molecule has 17 heavy (non-hydrogen) atoms. The minimum atomic E-state index is -0.267. The Morgan fingerprint density at radius 2 is 1.88 bits per heavy atom. The van der Waals surface area contributed by atoms with Crippen molar-refractivity contribution in [3.63, 3.8) is 0 Å². The van der Waals surface area contributed by atoms with E-state index in [2.05, 4.69) is 13.8 Å². The van der Waals surface area contributed by atoms with Crippen molar-refractivity contribution >= 4 is 0 Å². The van der Waals surface area contributed by atoms with Crippen LogP contribution in [0.5, 0.6) is 0 Å². The van der Waals surface area contributed by atoms with Gasteiger partial charge in [-0.25, -0.2) is 0 Å². The maximum Gasteiger partial charge on any atom is 0.0936 e. The van der Waals surface area contributed by atoms with Crippen LogP contribution in [0.3, 0.4) is 0 Å². The Kier molecular flexibility index (Phi) is 6.50. The van der Waals surface area contributed by atoms with E-state index < -0.39 is 0 Å². The molecule has 1 saturated carbocycles. The number of hydrogen-bond acceptors (Lipinski definition) is 2. The monoisotopic (exact) mass is 242 g/mol. The predicted octanol–water partition coefficient (Wildman–Crippen LogP) is 3.91. The second-order valence-electron chi connectivity index (χ2n) is 5.64. The summed E-state index contributed by atoms with van der Waals surface area (Å²) in [7, 11) is 1.77. The third-order valence-electron chi connectivity index (χ3n) is 4.56. The summed E-state index contributed by atoms with van der Waals surface area (Å²) in [6.45, 7) is 4.47. The Bertz CT molecular complexity index is 197. The van der Waals surface area contributed by atoms with Crippen LogP contribution in [0.15, 0.2) is 0 Å². The number of hydrogen-bond donors (Lipinski definition) is 1. The number of aliphatic hydroxyl groups is 1. The van der Waals surface area contributed by atoms with Crippen LogP contribution in [-0.2, 0) is 4.74 Å². The standard InChI is InChI=1S/C15H30O2/c1-4-6-9-13(5-2)12-14(16)15(17-3)10-7-8-11-15/h13-14,16H,4-12H2,1-3H3. The van der Waals surface area contributed by atoms with Gasteiger partial charge < -0.3 is 9.84 Å². The average Bonchev–Trinajstić information content (AvgIpc) is 2.84. The Hall–Kier alpha value is -0.0800. The van der Waals surface area contributed by atoms with E-state index in [0.717, 1.165) is 19.3 Å². The van der Waals surface area contributed by atoms with Crippen LogP contribution in [0.1, 0.15) is 71.6 Å². The Balaban J connectivity index is 2.47. The van der Waals surface area contributed by atoms with Gasteiger partial charge in [0.1, 0.15) is 0 Å². The lowest BCUT2D eigenvalue weighted by Gasteiger charge is -2.34. The topological polar surface area (TPSA) is 29.5 Å². The lowest BCUT2D eigenvalue weighted by Crippen LogP contribution is -2.42. The molecule has 2 unspecified atom stereocenters. The van der Waals surface area contributed by atoms with Crippen LogP contribution < -0.4 is 0 Å². The van der Waals surface area contributed by atoms with Gasteiger partial charge in [-0.1, -0.05) is 52.4 Å². The molecule has 2 nitrogen and oxygen atoms in total. The minimum absolute atomic E-state index is 0.223. The molecule has 1 fully saturated rings. The highest BCUT2D eigenvalue weighted by atomic mass is 16.5. The summed E-state index contributed by atoms with van der Waals surface area (Å²) >= 11 is 0. The van der Waals surface area contributed by atoms with Gasteiger partial charge in [0.25, 0.3) is 0 Å². The minimum Gasteiger partial charge on any atom is -0.390 e. The maximum absolute atomic E-state index is 10.5. The average molecular weight is 242 g/mol. The molecule has 1 rings (SSSR count). The molecule has 2 atom stereocenters. The van der Waals surface area contributed by atoms with Gasteiger partial charge in [0, 0.05) is 7.11 Å². The molecule has 0 spiro atoms. The third-order valence-corrected chi connectivity index (χ3v) is 4.56. The predicted molar refractivity (Wildman–Crippen MR) is 72.1 cm³/mol. The molecule has 0 saturated heterocycles. The summed E-state index contributed by atoms with van der Waals surface area (Å²) in [5, 5.41) is 10.5. The molecule has 0 radical (unpaired) electrons. The molecule has 0 amide bonds. The summed E-state index contributed by atoms with van der Waals surface area (Å²) in [5.41, 5.74) is -0.223. The van der Waals surface area contributed by atoms with Gasteiger partial charge in [0.2, 0.25) is 0 Å². The first-order valence-electron chi connectivity index (χ1n) is 7.41. The van der Waals surface area contributed by atoms with E-state index in [4.69, 9.17) is 4.74 Å². The zero-order chi connectivity index (χ0) is 12.7. The molecule has 0 bridgehead atoms. The summed E-state index contributed by atoms with van der Waals surface area (Å²) in [6.07, 6.45) is 10.1. The summed E-state index contributed by atoms with van der Waals surface area (Å²) < 4.78 is 5.66. The highest BCUT2D eigenvalue weighted by Crippen LogP contribution is 2.38. The SMILES string of the molecule is CCCCC(CC)CC(O)C1(OC)CCCC1. The van der Waals surface area contributed by atoms with E-state index in [-0.39, 0.29) is 11.7 Å². The molecule has 0 aromatic rings. The van der Waals surface area contributed by atoms with Gasteiger partial charge in [0.15, 0.2) is 0 Å². The van der Waals surface area contributed by atoms with E-state index >= 15 is 0 Å². The van der Waals surface area contributed by atoms with Crippen LogP contribution >= 0.6 is 0 Å². The first kappa shape index (κ1) is 15.0. The Labute approximate surface area is 107 Å². The van der Waals surface area contributed by atoms with Crippen LogP contribution in [-0.4, -0.2) is 23.9 Å². The third kappa shape index (κ3) is 3.96. The molecule has 2 heteroatoms. The van der Waals surface area contributed by atoms with Crippen LogP contribution in [0, 0.1) is 5.92 Å². The summed E-state index contributed by atoms with van der Waals surface area (Å²) in [4.78, 5) is 0. The molecular formula is C15H30O2. The second kappa shape index (κ2) is 7.38. The maximum atomic E-state index is 10.5. The summed E-state index contributed by atoms with van der Waals surface area (Å²) in [6, 6.07) is 0. The van der Waals surface area contributed by atoms with Gasteiger partial charge in [-0.05, 0) is 25.2 Å². The summed E-state index contributed by atoms with van der Waals surface area (Å²) in [5.74, 6) is 0.664. The number of ether oxygens (including phenoxy) is 1. The fraction of sp³-hybridized carbons (Fsp3) is 1.00. The highest BCUT2D eigenvalue weighted by Gasteiger charge is 2.41. The molecule has 0 aromatic heterocycles. The normalized spacial score (nSPS) is 22.6. The first-order valence-corrected chi connectivity index (χ1v) is 7.41. The Morgan fingerprint density at radius 1 is 1.24 bits per heavy atom. The molecular weight excluding hydrogens is 212 g/mol. The number of unbranched alkanes of at least 4 members (excludes halogenated alkanes) is 1. The van der Waals surface area contributed by atoms with Gasteiger partial charge in [0.05, 0.1) is 11.7 Å². The lowest BCUT2D eigenvalue weighted by atomic mass is 9.84. The van der Waals surface area contributed by atoms with Crippen molar-refractivity contribution < 1.29 is 9.84 Å². The van der Waals surface area contributed by atoms with E-state index in [1.807, 2.05) is 0 Å². The number of methoxy groups -OCH3 is 1. The molecule has 102 valence electrons. The van der Waals surface area contributed by atoms with Gasteiger partial charge in [-0.3, -0.25) is 0 Å². The molecule has 0 aromatic carbocycles. The quantitative estimate of drug-likeness (QED) is 0.699. The van der Waals surface area contributed by atoms with Crippen molar-refractivity contribution in [2.75, 3.05) is 7.11 Å². The van der Waals surface area contributed by atoms with Crippen molar-refractivity contribution in [1.82, 2.24) is 0 Å². The van der Waals surface area contributed by atoms with Gasteiger partial charge in [-0.15, -0.1) is 0 Å². The zero-order valence-corrected chi connectivity index (χ0v) is 11.9. The molecule has 1 aliphatic carbocycles. The number of aliphatic hydroxyl groups excluding tert-OH is 1. The molecule has 0 aliphatic heterocycles. The van der Waals surface area contributed by atoms with E-state index in [0.29, 0.717) is 5.92 Å². The molecule has 1 N–H and O–H groups in total. The van der Waals surface area contributed by atoms with Gasteiger partial charge >= 0.3 is 0 Å². The van der Waals surface area contributed by atoms with Crippen molar-refractivity contribution in [2.24, 2.45) is 5.92 Å². The van der Waals surface area contributed by atoms with Crippen LogP contribution in [0.4, 0.5) is 0 Å². The number of rotatable bonds is 8. The van der Waals surface area contributed by atoms with Crippen LogP contribution in [0.25, 0.3) is 0 Å². The fourth-order valence-electron chi connectivity index (χ4n) is 3.16. The smallest absolute Gasteiger partial charge is 0.0936 e. The molecule has 1 aliphatic rings. The van der Waals surface area contributed by atoms with Crippen molar-refractivity contribution in [1.29, 1.82) is 0 Å². The largest absolute Gasteiger partial charge is 0.390 e. The van der Waals surface area contributed by atoms with E-state index in [1.54, 1.807) is 7.11 Å². The Morgan fingerprint density at radius 3 is 2.35 bits per heavy atom. The van der Waals surface area contributed by atoms with E-state index in [1.165, 1.54) is 38.5 Å². The lowest BCUT2D eigenvalue weighted by molar-refractivity contribution is -0.106. The highest BCUT2D eigenvalue weighted by molar-refractivity contribution is 4.93. The van der Waals surface area contributed by atoms with Crippen molar-refractivity contribution in [3.05, 3.63) is 0 Å². The fourth-order valence-corrected chi connectivity index (χ4v) is 3.16. The molecule has 0 heterocycles. The van der Waals surface area contributed by atoms with Crippen molar-refractivity contribution in [3.8, 4) is 0 Å². The van der Waals surface area contributed by atoms with Crippen LogP contribution in [0.2, 0.25) is 0 Å². The van der Waals surface area contributed by atoms with Gasteiger partial charge in [-0.2, -0.15) is 0 Å². The second-order valence-corrected chi connectivity index (χ2v) is 5.64. The van der Waals surface area contributed by atoms with Crippen molar-refractivity contribution in [2.45, 2.75) is 83.3 Å². The first-order chi connectivity index (χ1) is 8.18.